The molecule has 21 heavy (non-hydrogen) atoms. The van der Waals surface area contributed by atoms with E-state index in [4.69, 9.17) is 10.5 Å². The van der Waals surface area contributed by atoms with Crippen LogP contribution in [0.15, 0.2) is 36.4 Å². The standard InChI is InChI=1S/C18H18N2O/c19-11-13-5-8-18(16(9-13)12-20)21-17-7-6-14-3-1-2-4-15(14)10-17/h5-10H,1-4,11,19H2. The zero-order valence-corrected chi connectivity index (χ0v) is 11.9. The van der Waals surface area contributed by atoms with Crippen LogP contribution < -0.4 is 10.5 Å². The van der Waals surface area contributed by atoms with Crippen molar-refractivity contribution in [1.29, 1.82) is 5.26 Å². The Labute approximate surface area is 125 Å². The first kappa shape index (κ1) is 13.7. The van der Waals surface area contributed by atoms with Gasteiger partial charge >= 0.3 is 0 Å². The monoisotopic (exact) mass is 278 g/mol. The summed E-state index contributed by atoms with van der Waals surface area (Å²) in [6.45, 7) is 0.424. The van der Waals surface area contributed by atoms with Crippen molar-refractivity contribution >= 4 is 0 Å². The third-order valence-corrected chi connectivity index (χ3v) is 3.95. The Morgan fingerprint density at radius 2 is 1.86 bits per heavy atom. The maximum absolute atomic E-state index is 9.24. The van der Waals surface area contributed by atoms with E-state index >= 15 is 0 Å². The second-order valence-corrected chi connectivity index (χ2v) is 5.39. The van der Waals surface area contributed by atoms with Crippen molar-refractivity contribution in [3.05, 3.63) is 58.7 Å². The lowest BCUT2D eigenvalue weighted by atomic mass is 9.92. The van der Waals surface area contributed by atoms with E-state index in [2.05, 4.69) is 18.2 Å². The van der Waals surface area contributed by atoms with E-state index in [1.165, 1.54) is 24.0 Å². The van der Waals surface area contributed by atoms with Crippen molar-refractivity contribution in [1.82, 2.24) is 0 Å². The molecule has 0 bridgehead atoms. The average Bonchev–Trinajstić information content (AvgIpc) is 2.55. The Bertz CT molecular complexity index is 701. The molecule has 0 atom stereocenters. The molecule has 0 saturated carbocycles. The van der Waals surface area contributed by atoms with Crippen molar-refractivity contribution in [3.63, 3.8) is 0 Å². The summed E-state index contributed by atoms with van der Waals surface area (Å²) in [6, 6.07) is 13.9. The molecule has 1 aliphatic carbocycles. The smallest absolute Gasteiger partial charge is 0.145 e. The van der Waals surface area contributed by atoms with E-state index in [1.54, 1.807) is 6.07 Å². The summed E-state index contributed by atoms with van der Waals surface area (Å²) in [4.78, 5) is 0. The molecular formula is C18H18N2O. The zero-order valence-electron chi connectivity index (χ0n) is 11.9. The van der Waals surface area contributed by atoms with E-state index in [-0.39, 0.29) is 0 Å². The molecule has 0 aliphatic heterocycles. The van der Waals surface area contributed by atoms with Gasteiger partial charge in [-0.05, 0) is 66.6 Å². The Morgan fingerprint density at radius 1 is 1.05 bits per heavy atom. The van der Waals surface area contributed by atoms with E-state index in [0.29, 0.717) is 17.9 Å². The molecule has 2 aromatic rings. The van der Waals surface area contributed by atoms with Crippen LogP contribution in [0, 0.1) is 11.3 Å². The fourth-order valence-corrected chi connectivity index (χ4v) is 2.78. The van der Waals surface area contributed by atoms with Gasteiger partial charge in [-0.2, -0.15) is 5.26 Å². The van der Waals surface area contributed by atoms with Crippen molar-refractivity contribution in [2.45, 2.75) is 32.2 Å². The van der Waals surface area contributed by atoms with Crippen LogP contribution in [0.4, 0.5) is 0 Å². The normalized spacial score (nSPS) is 13.3. The minimum Gasteiger partial charge on any atom is -0.456 e. The van der Waals surface area contributed by atoms with Gasteiger partial charge in [0.15, 0.2) is 0 Å². The quantitative estimate of drug-likeness (QED) is 0.931. The highest BCUT2D eigenvalue weighted by atomic mass is 16.5. The minimum absolute atomic E-state index is 0.424. The number of aryl methyl sites for hydroxylation is 2. The highest BCUT2D eigenvalue weighted by Gasteiger charge is 2.11. The lowest BCUT2D eigenvalue weighted by Crippen LogP contribution is -2.02. The van der Waals surface area contributed by atoms with E-state index in [0.717, 1.165) is 24.2 Å². The molecular weight excluding hydrogens is 260 g/mol. The minimum atomic E-state index is 0.424. The molecule has 0 saturated heterocycles. The average molecular weight is 278 g/mol. The number of hydrogen-bond acceptors (Lipinski definition) is 3. The predicted octanol–water partition coefficient (Wildman–Crippen LogP) is 3.69. The van der Waals surface area contributed by atoms with E-state index in [1.807, 2.05) is 18.2 Å². The van der Waals surface area contributed by atoms with Gasteiger partial charge in [0.25, 0.3) is 0 Å². The topological polar surface area (TPSA) is 59.0 Å². The summed E-state index contributed by atoms with van der Waals surface area (Å²) in [7, 11) is 0. The first-order chi connectivity index (χ1) is 10.3. The van der Waals surface area contributed by atoms with E-state index < -0.39 is 0 Å². The second kappa shape index (κ2) is 5.99. The molecule has 106 valence electrons. The molecule has 3 heteroatoms. The summed E-state index contributed by atoms with van der Waals surface area (Å²) in [5, 5.41) is 9.24. The van der Waals surface area contributed by atoms with Crippen molar-refractivity contribution in [3.8, 4) is 17.6 Å². The summed E-state index contributed by atoms with van der Waals surface area (Å²) in [5.41, 5.74) is 9.86. The lowest BCUT2D eigenvalue weighted by Gasteiger charge is -2.17. The van der Waals surface area contributed by atoms with Crippen molar-refractivity contribution in [2.24, 2.45) is 5.73 Å². The molecule has 0 radical (unpaired) electrons. The number of ether oxygens (including phenoxy) is 1. The molecule has 2 aromatic carbocycles. The van der Waals surface area contributed by atoms with Gasteiger partial charge < -0.3 is 10.5 Å². The van der Waals surface area contributed by atoms with Gasteiger partial charge in [0.1, 0.15) is 17.6 Å². The lowest BCUT2D eigenvalue weighted by molar-refractivity contribution is 0.479. The fourth-order valence-electron chi connectivity index (χ4n) is 2.78. The summed E-state index contributed by atoms with van der Waals surface area (Å²) < 4.78 is 5.90. The summed E-state index contributed by atoms with van der Waals surface area (Å²) in [5.74, 6) is 1.39. The SMILES string of the molecule is N#Cc1cc(CN)ccc1Oc1ccc2c(c1)CCCC2. The van der Waals surface area contributed by atoms with Crippen molar-refractivity contribution < 1.29 is 4.74 Å². The van der Waals surface area contributed by atoms with Crippen LogP contribution in [0.25, 0.3) is 0 Å². The predicted molar refractivity (Wildman–Crippen MR) is 82.2 cm³/mol. The Morgan fingerprint density at radius 3 is 2.62 bits per heavy atom. The van der Waals surface area contributed by atoms with E-state index in [9.17, 15) is 5.26 Å². The van der Waals surface area contributed by atoms with Crippen LogP contribution in [0.1, 0.15) is 35.1 Å². The van der Waals surface area contributed by atoms with Gasteiger partial charge in [0, 0.05) is 6.54 Å². The molecule has 0 aromatic heterocycles. The summed E-state index contributed by atoms with van der Waals surface area (Å²) in [6.07, 6.45) is 4.78. The van der Waals surface area contributed by atoms with Crippen LogP contribution in [0.2, 0.25) is 0 Å². The second-order valence-electron chi connectivity index (χ2n) is 5.39. The highest BCUT2D eigenvalue weighted by molar-refractivity contribution is 5.48. The zero-order chi connectivity index (χ0) is 14.7. The number of nitrogens with zero attached hydrogens (tertiary/aromatic N) is 1. The van der Waals surface area contributed by atoms with Crippen LogP contribution in [-0.4, -0.2) is 0 Å². The Kier molecular flexibility index (Phi) is 3.89. The van der Waals surface area contributed by atoms with Gasteiger partial charge in [-0.15, -0.1) is 0 Å². The number of nitriles is 1. The van der Waals surface area contributed by atoms with Gasteiger partial charge in [0.05, 0.1) is 5.56 Å². The molecule has 0 unspecified atom stereocenters. The largest absolute Gasteiger partial charge is 0.456 e. The molecule has 0 spiro atoms. The molecule has 2 N–H and O–H groups in total. The van der Waals surface area contributed by atoms with Gasteiger partial charge in [-0.25, -0.2) is 0 Å². The number of benzene rings is 2. The van der Waals surface area contributed by atoms with Crippen LogP contribution in [0.5, 0.6) is 11.5 Å². The van der Waals surface area contributed by atoms with Crippen LogP contribution in [-0.2, 0) is 19.4 Å². The molecule has 1 aliphatic rings. The number of rotatable bonds is 3. The summed E-state index contributed by atoms with van der Waals surface area (Å²) >= 11 is 0. The third-order valence-electron chi connectivity index (χ3n) is 3.95. The van der Waals surface area contributed by atoms with Crippen LogP contribution >= 0.6 is 0 Å². The number of fused-ring (bicyclic) bond motifs is 1. The molecule has 3 nitrogen and oxygen atoms in total. The maximum atomic E-state index is 9.24. The first-order valence-corrected chi connectivity index (χ1v) is 7.33. The number of hydrogen-bond donors (Lipinski definition) is 1. The molecule has 0 amide bonds. The van der Waals surface area contributed by atoms with Crippen molar-refractivity contribution in [2.75, 3.05) is 0 Å². The van der Waals surface area contributed by atoms with Gasteiger partial charge in [0.2, 0.25) is 0 Å². The Hall–Kier alpha value is -2.31. The molecule has 3 rings (SSSR count). The van der Waals surface area contributed by atoms with Gasteiger partial charge in [-0.1, -0.05) is 12.1 Å². The van der Waals surface area contributed by atoms with Gasteiger partial charge in [-0.3, -0.25) is 0 Å². The number of nitrogens with two attached hydrogens (primary N) is 1. The third kappa shape index (κ3) is 2.91. The molecule has 0 fully saturated rings. The first-order valence-electron chi connectivity index (χ1n) is 7.33. The van der Waals surface area contributed by atoms with Crippen LogP contribution in [0.3, 0.4) is 0 Å². The fraction of sp³-hybridized carbons (Fsp3) is 0.278. The maximum Gasteiger partial charge on any atom is 0.145 e. The molecule has 0 heterocycles. The Balaban J connectivity index is 1.88. The highest BCUT2D eigenvalue weighted by Crippen LogP contribution is 2.30.